The normalized spacial score (nSPS) is 9.67. The van der Waals surface area contributed by atoms with Crippen molar-refractivity contribution in [1.82, 2.24) is 0 Å². The molecule has 7 nitrogen and oxygen atoms in total. The second-order valence-corrected chi connectivity index (χ2v) is 4.71. The van der Waals surface area contributed by atoms with Crippen molar-refractivity contribution in [2.45, 2.75) is 27.7 Å². The molecule has 0 bridgehead atoms. The summed E-state index contributed by atoms with van der Waals surface area (Å²) in [6.45, 7) is 6.67. The Hall–Kier alpha value is -2.83. The lowest BCUT2D eigenvalue weighted by Crippen LogP contribution is -2.19. The van der Waals surface area contributed by atoms with Gasteiger partial charge in [0.25, 0.3) is 0 Å². The molecular weight excluding hydrogens is 314 g/mol. The summed E-state index contributed by atoms with van der Waals surface area (Å²) in [6.07, 6.45) is 1.22. The fourth-order valence-corrected chi connectivity index (χ4v) is 1.75. The number of carbonyl (C=O) groups is 3. The molecule has 0 saturated heterocycles. The van der Waals surface area contributed by atoms with Crippen LogP contribution in [0.1, 0.15) is 26.3 Å². The average Bonchev–Trinajstić information content (AvgIpc) is 2.50. The second kappa shape index (κ2) is 9.34. The molecule has 130 valence electrons. The topological polar surface area (TPSA) is 90.9 Å². The highest BCUT2D eigenvalue weighted by atomic mass is 16.6. The molecule has 24 heavy (non-hydrogen) atoms. The first kappa shape index (κ1) is 19.2. The van der Waals surface area contributed by atoms with Crippen molar-refractivity contribution in [1.29, 1.82) is 0 Å². The van der Waals surface area contributed by atoms with E-state index in [1.807, 2.05) is 6.92 Å². The first-order chi connectivity index (χ1) is 11.4. The van der Waals surface area contributed by atoms with E-state index in [9.17, 15) is 14.4 Å². The molecule has 0 aliphatic heterocycles. The summed E-state index contributed by atoms with van der Waals surface area (Å²) < 4.78 is 14.7. The van der Waals surface area contributed by atoms with Crippen molar-refractivity contribution >= 4 is 23.6 Å². The van der Waals surface area contributed by atoms with E-state index in [1.54, 1.807) is 32.0 Å². The zero-order valence-corrected chi connectivity index (χ0v) is 14.2. The smallest absolute Gasteiger partial charge is 0.347 e. The molecule has 0 atom stereocenters. The van der Waals surface area contributed by atoms with Crippen LogP contribution in [0.5, 0.6) is 5.75 Å². The van der Waals surface area contributed by atoms with E-state index in [1.165, 1.54) is 13.1 Å². The van der Waals surface area contributed by atoms with Crippen LogP contribution in [0.2, 0.25) is 0 Å². The summed E-state index contributed by atoms with van der Waals surface area (Å²) in [5.74, 6) is -1.66. The molecule has 0 radical (unpaired) electrons. The summed E-state index contributed by atoms with van der Waals surface area (Å²) in [7, 11) is 0. The van der Waals surface area contributed by atoms with Gasteiger partial charge in [-0.3, -0.25) is 4.79 Å². The van der Waals surface area contributed by atoms with Gasteiger partial charge in [0.1, 0.15) is 5.75 Å². The monoisotopic (exact) mass is 335 g/mol. The Morgan fingerprint density at radius 1 is 1.08 bits per heavy atom. The van der Waals surface area contributed by atoms with E-state index in [-0.39, 0.29) is 18.8 Å². The number of benzene rings is 1. The van der Waals surface area contributed by atoms with Gasteiger partial charge in [-0.25, -0.2) is 9.59 Å². The van der Waals surface area contributed by atoms with E-state index in [0.717, 1.165) is 5.56 Å². The number of esters is 3. The van der Waals surface area contributed by atoms with Crippen LogP contribution in [-0.2, 0) is 23.9 Å². The van der Waals surface area contributed by atoms with Crippen molar-refractivity contribution in [2.75, 3.05) is 18.5 Å². The summed E-state index contributed by atoms with van der Waals surface area (Å²) >= 11 is 0. The fraction of sp³-hybridized carbons (Fsp3) is 0.353. The molecule has 1 N–H and O–H groups in total. The zero-order chi connectivity index (χ0) is 18.1. The Labute approximate surface area is 140 Å². The van der Waals surface area contributed by atoms with Crippen molar-refractivity contribution in [2.24, 2.45) is 0 Å². The lowest BCUT2D eigenvalue weighted by molar-refractivity contribution is -0.146. The van der Waals surface area contributed by atoms with Crippen LogP contribution in [0.4, 0.5) is 5.69 Å². The maximum atomic E-state index is 11.9. The number of hydrogen-bond acceptors (Lipinski definition) is 7. The van der Waals surface area contributed by atoms with Gasteiger partial charge in [-0.1, -0.05) is 6.07 Å². The number of hydrogen-bond donors (Lipinski definition) is 1. The molecular formula is C17H21NO6. The van der Waals surface area contributed by atoms with Gasteiger partial charge >= 0.3 is 17.9 Å². The molecule has 0 aliphatic rings. The van der Waals surface area contributed by atoms with Crippen molar-refractivity contribution in [3.05, 3.63) is 35.5 Å². The minimum Gasteiger partial charge on any atom is -0.462 e. The fourth-order valence-electron chi connectivity index (χ4n) is 1.75. The molecule has 0 aliphatic carbocycles. The molecule has 1 aromatic rings. The third-order valence-corrected chi connectivity index (χ3v) is 2.83. The van der Waals surface area contributed by atoms with Gasteiger partial charge < -0.3 is 19.5 Å². The van der Waals surface area contributed by atoms with Crippen LogP contribution in [0.3, 0.4) is 0 Å². The maximum Gasteiger partial charge on any atom is 0.347 e. The Kier molecular flexibility index (Phi) is 7.48. The minimum atomic E-state index is -0.780. The predicted molar refractivity (Wildman–Crippen MR) is 87.5 cm³/mol. The molecule has 1 aromatic carbocycles. The van der Waals surface area contributed by atoms with Gasteiger partial charge in [0.05, 0.1) is 13.2 Å². The second-order valence-electron chi connectivity index (χ2n) is 4.71. The summed E-state index contributed by atoms with van der Waals surface area (Å²) in [5.41, 5.74) is 1.14. The lowest BCUT2D eigenvalue weighted by atomic mass is 10.2. The number of rotatable bonds is 7. The van der Waals surface area contributed by atoms with Gasteiger partial charge in [0.2, 0.25) is 0 Å². The maximum absolute atomic E-state index is 11.9. The van der Waals surface area contributed by atoms with Crippen molar-refractivity contribution in [3.8, 4) is 5.75 Å². The van der Waals surface area contributed by atoms with E-state index in [0.29, 0.717) is 11.4 Å². The quantitative estimate of drug-likeness (QED) is 0.269. The number of carbonyl (C=O) groups excluding carboxylic acids is 3. The van der Waals surface area contributed by atoms with Crippen LogP contribution in [0.25, 0.3) is 0 Å². The number of ether oxygens (including phenoxy) is 3. The molecule has 0 spiro atoms. The third-order valence-electron chi connectivity index (χ3n) is 2.83. The van der Waals surface area contributed by atoms with Crippen molar-refractivity contribution in [3.63, 3.8) is 0 Å². The van der Waals surface area contributed by atoms with Gasteiger partial charge in [-0.05, 0) is 32.4 Å². The highest BCUT2D eigenvalue weighted by molar-refractivity contribution is 6.14. The molecule has 0 amide bonds. The van der Waals surface area contributed by atoms with Crippen LogP contribution in [-0.4, -0.2) is 31.1 Å². The molecule has 7 heteroatoms. The van der Waals surface area contributed by atoms with Gasteiger partial charge in [-0.2, -0.15) is 0 Å². The van der Waals surface area contributed by atoms with Crippen molar-refractivity contribution < 1.29 is 28.6 Å². The zero-order valence-electron chi connectivity index (χ0n) is 14.2. The molecule has 0 aromatic heterocycles. The van der Waals surface area contributed by atoms with E-state index in [2.05, 4.69) is 5.32 Å². The predicted octanol–water partition coefficient (Wildman–Crippen LogP) is 2.34. The van der Waals surface area contributed by atoms with E-state index < -0.39 is 17.9 Å². The first-order valence-corrected chi connectivity index (χ1v) is 7.49. The van der Waals surface area contributed by atoms with Gasteiger partial charge in [0.15, 0.2) is 5.57 Å². The summed E-state index contributed by atoms with van der Waals surface area (Å²) in [4.78, 5) is 34.8. The van der Waals surface area contributed by atoms with E-state index >= 15 is 0 Å². The molecule has 0 unspecified atom stereocenters. The standard InChI is InChI=1S/C17H21NO6/c1-5-22-16(20)14(17(21)23-6-2)10-18-15-9-13(24-12(4)19)8-7-11(15)3/h7-10,18H,5-6H2,1-4H3. The van der Waals surface area contributed by atoms with Gasteiger partial charge in [-0.15, -0.1) is 0 Å². The number of nitrogens with one attached hydrogen (secondary N) is 1. The van der Waals surface area contributed by atoms with Crippen LogP contribution < -0.4 is 10.1 Å². The minimum absolute atomic E-state index is 0.135. The molecule has 0 fully saturated rings. The largest absolute Gasteiger partial charge is 0.462 e. The summed E-state index contributed by atoms with van der Waals surface area (Å²) in [6, 6.07) is 4.97. The van der Waals surface area contributed by atoms with Crippen LogP contribution in [0, 0.1) is 6.92 Å². The SMILES string of the molecule is CCOC(=O)C(=CNc1cc(OC(C)=O)ccc1C)C(=O)OCC. The lowest BCUT2D eigenvalue weighted by Gasteiger charge is -2.10. The number of anilines is 1. The molecule has 0 saturated carbocycles. The number of aryl methyl sites for hydroxylation is 1. The Balaban J connectivity index is 3.05. The Morgan fingerprint density at radius 2 is 1.67 bits per heavy atom. The first-order valence-electron chi connectivity index (χ1n) is 7.49. The highest BCUT2D eigenvalue weighted by Gasteiger charge is 2.21. The summed E-state index contributed by atoms with van der Waals surface area (Å²) in [5, 5.41) is 2.85. The Morgan fingerprint density at radius 3 is 2.17 bits per heavy atom. The average molecular weight is 335 g/mol. The van der Waals surface area contributed by atoms with Crippen LogP contribution >= 0.6 is 0 Å². The Bertz CT molecular complexity index is 630. The third kappa shape index (κ3) is 5.75. The molecule has 1 rings (SSSR count). The van der Waals surface area contributed by atoms with E-state index in [4.69, 9.17) is 14.2 Å². The van der Waals surface area contributed by atoms with Crippen LogP contribution in [0.15, 0.2) is 30.0 Å². The van der Waals surface area contributed by atoms with Gasteiger partial charge in [0, 0.05) is 24.9 Å². The molecule has 0 heterocycles. The highest BCUT2D eigenvalue weighted by Crippen LogP contribution is 2.22.